The molecule has 2 aromatic rings. The Balaban J connectivity index is 1.55. The molecule has 1 aliphatic heterocycles. The fourth-order valence-corrected chi connectivity index (χ4v) is 4.03. The van der Waals surface area contributed by atoms with Crippen molar-refractivity contribution in [2.45, 2.75) is 20.4 Å². The van der Waals surface area contributed by atoms with Crippen LogP contribution in [0, 0.1) is 13.8 Å². The van der Waals surface area contributed by atoms with Gasteiger partial charge < -0.3 is 9.64 Å². The van der Waals surface area contributed by atoms with Crippen LogP contribution in [0.5, 0.6) is 5.75 Å². The molecule has 1 amide bonds. The molecule has 1 saturated heterocycles. The number of ether oxygens (including phenoxy) is 1. The van der Waals surface area contributed by atoms with Gasteiger partial charge in [0.15, 0.2) is 0 Å². The third-order valence-electron chi connectivity index (χ3n) is 4.50. The lowest BCUT2D eigenvalue weighted by molar-refractivity contribution is 0.0628. The molecule has 0 spiro atoms. The second-order valence-corrected chi connectivity index (χ2v) is 7.70. The lowest BCUT2D eigenvalue weighted by Crippen LogP contribution is -2.48. The maximum atomic E-state index is 12.7. The fourth-order valence-electron chi connectivity index (χ4n) is 3.11. The van der Waals surface area contributed by atoms with Gasteiger partial charge in [-0.2, -0.15) is 0 Å². The molecule has 1 aliphatic rings. The molecular formula is C19H24N2O2S. The fraction of sp³-hybridized carbons (Fsp3) is 0.421. The van der Waals surface area contributed by atoms with Crippen LogP contribution in [0.4, 0.5) is 0 Å². The zero-order valence-corrected chi connectivity index (χ0v) is 15.4. The third kappa shape index (κ3) is 3.79. The number of aryl methyl sites for hydroxylation is 2. The minimum atomic E-state index is 0.181. The second-order valence-electron chi connectivity index (χ2n) is 6.24. The molecule has 2 heterocycles. The molecule has 1 aromatic heterocycles. The van der Waals surface area contributed by atoms with Crippen molar-refractivity contribution in [2.24, 2.45) is 0 Å². The van der Waals surface area contributed by atoms with Gasteiger partial charge >= 0.3 is 0 Å². The van der Waals surface area contributed by atoms with Gasteiger partial charge in [0.2, 0.25) is 0 Å². The van der Waals surface area contributed by atoms with Gasteiger partial charge in [-0.15, -0.1) is 11.3 Å². The molecule has 0 atom stereocenters. The molecule has 1 fully saturated rings. The van der Waals surface area contributed by atoms with Gasteiger partial charge in [0.25, 0.3) is 5.91 Å². The number of hydrogen-bond donors (Lipinski definition) is 0. The van der Waals surface area contributed by atoms with Gasteiger partial charge in [0.1, 0.15) is 5.75 Å². The Morgan fingerprint density at radius 1 is 1.12 bits per heavy atom. The number of benzene rings is 1. The molecule has 128 valence electrons. The molecule has 5 heteroatoms. The molecule has 0 bridgehead atoms. The highest BCUT2D eigenvalue weighted by Crippen LogP contribution is 2.23. The topological polar surface area (TPSA) is 32.8 Å². The van der Waals surface area contributed by atoms with Crippen LogP contribution in [0.15, 0.2) is 30.3 Å². The third-order valence-corrected chi connectivity index (χ3v) is 5.46. The maximum absolute atomic E-state index is 12.7. The molecule has 0 saturated carbocycles. The quantitative estimate of drug-likeness (QED) is 0.853. The minimum Gasteiger partial charge on any atom is -0.497 e. The standard InChI is InChI=1S/C19H24N2O2S/c1-14-12-18(15(2)24-14)19(22)21-10-8-20(9-11-21)13-16-4-6-17(23-3)7-5-16/h4-7,12H,8-11,13H2,1-3H3. The second kappa shape index (κ2) is 7.36. The van der Waals surface area contributed by atoms with E-state index in [9.17, 15) is 4.79 Å². The number of methoxy groups -OCH3 is 1. The van der Waals surface area contributed by atoms with E-state index in [0.717, 1.165) is 48.9 Å². The molecule has 0 N–H and O–H groups in total. The predicted molar refractivity (Wildman–Crippen MR) is 98.0 cm³/mol. The number of hydrogen-bond acceptors (Lipinski definition) is 4. The Kier molecular flexibility index (Phi) is 5.21. The van der Waals surface area contributed by atoms with Gasteiger partial charge in [0, 0.05) is 42.5 Å². The SMILES string of the molecule is COc1ccc(CN2CCN(C(=O)c3cc(C)sc3C)CC2)cc1. The van der Waals surface area contributed by atoms with Crippen LogP contribution in [0.2, 0.25) is 0 Å². The zero-order chi connectivity index (χ0) is 17.1. The van der Waals surface area contributed by atoms with Crippen LogP contribution < -0.4 is 4.74 Å². The number of nitrogens with zero attached hydrogens (tertiary/aromatic N) is 2. The van der Waals surface area contributed by atoms with Crippen LogP contribution in [-0.4, -0.2) is 49.0 Å². The Morgan fingerprint density at radius 2 is 1.79 bits per heavy atom. The Morgan fingerprint density at radius 3 is 2.33 bits per heavy atom. The molecule has 0 radical (unpaired) electrons. The minimum absolute atomic E-state index is 0.181. The van der Waals surface area contributed by atoms with Crippen LogP contribution in [0.1, 0.15) is 25.7 Å². The summed E-state index contributed by atoms with van der Waals surface area (Å²) in [5.41, 5.74) is 2.15. The molecular weight excluding hydrogens is 320 g/mol. The molecule has 24 heavy (non-hydrogen) atoms. The molecule has 0 unspecified atom stereocenters. The van der Waals surface area contributed by atoms with Crippen molar-refractivity contribution in [2.75, 3.05) is 33.3 Å². The number of thiophene rings is 1. The van der Waals surface area contributed by atoms with E-state index in [1.54, 1.807) is 18.4 Å². The van der Waals surface area contributed by atoms with Crippen molar-refractivity contribution in [3.63, 3.8) is 0 Å². The van der Waals surface area contributed by atoms with E-state index in [-0.39, 0.29) is 5.91 Å². The average molecular weight is 344 g/mol. The summed E-state index contributed by atoms with van der Waals surface area (Å²) in [6, 6.07) is 10.2. The molecule has 4 nitrogen and oxygen atoms in total. The summed E-state index contributed by atoms with van der Waals surface area (Å²) in [4.78, 5) is 19.4. The number of carbonyl (C=O) groups excluding carboxylic acids is 1. The van der Waals surface area contributed by atoms with E-state index in [4.69, 9.17) is 4.74 Å². The normalized spacial score (nSPS) is 15.5. The first kappa shape index (κ1) is 17.0. The van der Waals surface area contributed by atoms with Gasteiger partial charge in [0.05, 0.1) is 12.7 Å². The summed E-state index contributed by atoms with van der Waals surface area (Å²) in [5.74, 6) is 1.07. The van der Waals surface area contributed by atoms with E-state index in [0.29, 0.717) is 0 Å². The number of amides is 1. The predicted octanol–water partition coefficient (Wildman–Crippen LogP) is 3.33. The van der Waals surface area contributed by atoms with Crippen molar-refractivity contribution in [3.05, 3.63) is 51.2 Å². The highest BCUT2D eigenvalue weighted by Gasteiger charge is 2.24. The Hall–Kier alpha value is -1.85. The summed E-state index contributed by atoms with van der Waals surface area (Å²) in [5, 5.41) is 0. The summed E-state index contributed by atoms with van der Waals surface area (Å²) < 4.78 is 5.20. The summed E-state index contributed by atoms with van der Waals surface area (Å²) in [6.07, 6.45) is 0. The van der Waals surface area contributed by atoms with Gasteiger partial charge in [-0.25, -0.2) is 0 Å². The van der Waals surface area contributed by atoms with Crippen molar-refractivity contribution in [1.82, 2.24) is 9.80 Å². The number of piperazine rings is 1. The van der Waals surface area contributed by atoms with Gasteiger partial charge in [-0.3, -0.25) is 9.69 Å². The average Bonchev–Trinajstić information content (AvgIpc) is 2.94. The Labute approximate surface area is 147 Å². The van der Waals surface area contributed by atoms with E-state index >= 15 is 0 Å². The van der Waals surface area contributed by atoms with Gasteiger partial charge in [-0.05, 0) is 37.6 Å². The van der Waals surface area contributed by atoms with Crippen molar-refractivity contribution in [3.8, 4) is 5.75 Å². The van der Waals surface area contributed by atoms with Gasteiger partial charge in [-0.1, -0.05) is 12.1 Å². The lowest BCUT2D eigenvalue weighted by Gasteiger charge is -2.34. The number of carbonyl (C=O) groups is 1. The Bertz CT molecular complexity index is 701. The lowest BCUT2D eigenvalue weighted by atomic mass is 10.1. The summed E-state index contributed by atoms with van der Waals surface area (Å²) in [6.45, 7) is 8.43. The van der Waals surface area contributed by atoms with E-state index in [1.165, 1.54) is 10.4 Å². The summed E-state index contributed by atoms with van der Waals surface area (Å²) >= 11 is 1.70. The van der Waals surface area contributed by atoms with Crippen LogP contribution in [0.25, 0.3) is 0 Å². The smallest absolute Gasteiger partial charge is 0.255 e. The first-order valence-corrected chi connectivity index (χ1v) is 9.10. The largest absolute Gasteiger partial charge is 0.497 e. The van der Waals surface area contributed by atoms with Crippen LogP contribution >= 0.6 is 11.3 Å². The zero-order valence-electron chi connectivity index (χ0n) is 14.5. The van der Waals surface area contributed by atoms with E-state index in [2.05, 4.69) is 24.0 Å². The maximum Gasteiger partial charge on any atom is 0.255 e. The van der Waals surface area contributed by atoms with Crippen LogP contribution in [-0.2, 0) is 6.54 Å². The monoisotopic (exact) mass is 344 g/mol. The van der Waals surface area contributed by atoms with Crippen molar-refractivity contribution >= 4 is 17.2 Å². The first-order chi connectivity index (χ1) is 11.6. The summed E-state index contributed by atoms with van der Waals surface area (Å²) in [7, 11) is 1.68. The van der Waals surface area contributed by atoms with Crippen LogP contribution in [0.3, 0.4) is 0 Å². The molecule has 3 rings (SSSR count). The van der Waals surface area contributed by atoms with E-state index in [1.807, 2.05) is 30.0 Å². The first-order valence-electron chi connectivity index (χ1n) is 8.28. The van der Waals surface area contributed by atoms with Crippen molar-refractivity contribution < 1.29 is 9.53 Å². The van der Waals surface area contributed by atoms with Crippen molar-refractivity contribution in [1.29, 1.82) is 0 Å². The number of rotatable bonds is 4. The molecule has 0 aliphatic carbocycles. The molecule has 1 aromatic carbocycles. The van der Waals surface area contributed by atoms with E-state index < -0.39 is 0 Å². The highest BCUT2D eigenvalue weighted by molar-refractivity contribution is 7.12. The highest BCUT2D eigenvalue weighted by atomic mass is 32.1.